The molecule has 0 aromatic heterocycles. The molecule has 1 amide bonds. The molecular weight excluding hydrogens is 406 g/mol. The number of methoxy groups -OCH3 is 1. The molecule has 8 heteroatoms. The predicted octanol–water partition coefficient (Wildman–Crippen LogP) is 4.26. The van der Waals surface area contributed by atoms with Crippen molar-refractivity contribution in [1.82, 2.24) is 5.12 Å². The number of alkyl halides is 1. The first-order chi connectivity index (χ1) is 14.4. The van der Waals surface area contributed by atoms with Crippen LogP contribution in [-0.2, 0) is 14.3 Å². The predicted molar refractivity (Wildman–Crippen MR) is 114 cm³/mol. The summed E-state index contributed by atoms with van der Waals surface area (Å²) in [6, 6.07) is 18.6. The van der Waals surface area contributed by atoms with E-state index in [9.17, 15) is 9.59 Å². The lowest BCUT2D eigenvalue weighted by atomic mass is 9.79. The van der Waals surface area contributed by atoms with Crippen molar-refractivity contribution in [2.24, 2.45) is 22.0 Å². The average Bonchev–Trinajstić information content (AvgIpc) is 2.77. The molecule has 2 aromatic rings. The molecular formula is C22H22ClN3O4. The van der Waals surface area contributed by atoms with Gasteiger partial charge in [0.1, 0.15) is 0 Å². The van der Waals surface area contributed by atoms with Gasteiger partial charge in [-0.25, -0.2) is 4.79 Å². The van der Waals surface area contributed by atoms with Gasteiger partial charge < -0.3 is 9.47 Å². The highest BCUT2D eigenvalue weighted by Gasteiger charge is 2.39. The maximum absolute atomic E-state index is 12.5. The molecule has 0 fully saturated rings. The molecule has 1 aliphatic rings. The minimum Gasteiger partial charge on any atom is -0.469 e. The van der Waals surface area contributed by atoms with E-state index in [1.54, 1.807) is 6.92 Å². The molecule has 0 saturated heterocycles. The van der Waals surface area contributed by atoms with Gasteiger partial charge in [0, 0.05) is 0 Å². The van der Waals surface area contributed by atoms with Crippen molar-refractivity contribution in [2.75, 3.05) is 7.11 Å². The van der Waals surface area contributed by atoms with Crippen molar-refractivity contribution in [3.05, 3.63) is 71.8 Å². The molecule has 0 spiro atoms. The Hall–Kier alpha value is -3.19. The van der Waals surface area contributed by atoms with Crippen LogP contribution >= 0.6 is 11.6 Å². The van der Waals surface area contributed by atoms with Gasteiger partial charge in [-0.15, -0.1) is 10.2 Å². The van der Waals surface area contributed by atoms with E-state index in [4.69, 9.17) is 21.1 Å². The highest BCUT2D eigenvalue weighted by molar-refractivity contribution is 6.23. The minimum atomic E-state index is -0.852. The van der Waals surface area contributed by atoms with Gasteiger partial charge in [0.05, 0.1) is 30.4 Å². The second kappa shape index (κ2) is 9.54. The van der Waals surface area contributed by atoms with Crippen LogP contribution in [-0.4, -0.2) is 41.3 Å². The summed E-state index contributed by atoms with van der Waals surface area (Å²) in [5.74, 6) is -1.55. The van der Waals surface area contributed by atoms with Crippen molar-refractivity contribution in [2.45, 2.75) is 19.4 Å². The van der Waals surface area contributed by atoms with Crippen molar-refractivity contribution in [3.8, 4) is 0 Å². The van der Waals surface area contributed by atoms with Crippen LogP contribution in [0.3, 0.4) is 0 Å². The van der Waals surface area contributed by atoms with E-state index in [0.29, 0.717) is 11.4 Å². The van der Waals surface area contributed by atoms with E-state index < -0.39 is 29.5 Å². The number of esters is 1. The summed E-state index contributed by atoms with van der Waals surface area (Å²) in [7, 11) is 1.34. The van der Waals surface area contributed by atoms with Crippen molar-refractivity contribution in [3.63, 3.8) is 0 Å². The summed E-state index contributed by atoms with van der Waals surface area (Å²) in [5, 5.41) is 9.72. The molecule has 2 atom stereocenters. The standard InChI is InChI=1S/C22H22ClN3O4/c1-14(21(27)29-3)18-19(16-10-6-4-7-11-16)24-26(22(28)30-15(2)23)25-20(18)17-12-8-5-9-13-17/h4-15,18H,1-3H3. The van der Waals surface area contributed by atoms with Crippen LogP contribution in [0.5, 0.6) is 0 Å². The lowest BCUT2D eigenvalue weighted by Gasteiger charge is -2.31. The molecule has 0 N–H and O–H groups in total. The van der Waals surface area contributed by atoms with Gasteiger partial charge in [0.2, 0.25) is 0 Å². The van der Waals surface area contributed by atoms with Crippen molar-refractivity contribution >= 4 is 35.1 Å². The Kier molecular flexibility index (Phi) is 6.84. The summed E-state index contributed by atoms with van der Waals surface area (Å²) in [6.07, 6.45) is -0.816. The molecule has 0 bridgehead atoms. The van der Waals surface area contributed by atoms with Crippen LogP contribution in [0.4, 0.5) is 4.79 Å². The summed E-state index contributed by atoms with van der Waals surface area (Å²) in [5.41, 5.74) is 1.65. The van der Waals surface area contributed by atoms with Crippen molar-refractivity contribution in [1.29, 1.82) is 0 Å². The molecule has 7 nitrogen and oxygen atoms in total. The highest BCUT2D eigenvalue weighted by atomic mass is 35.5. The second-order valence-electron chi connectivity index (χ2n) is 6.71. The van der Waals surface area contributed by atoms with E-state index in [1.807, 2.05) is 60.7 Å². The number of nitrogens with zero attached hydrogens (tertiary/aromatic N) is 3. The summed E-state index contributed by atoms with van der Waals surface area (Å²) in [6.45, 7) is 3.28. The van der Waals surface area contributed by atoms with Crippen LogP contribution < -0.4 is 0 Å². The molecule has 0 aliphatic carbocycles. The summed E-state index contributed by atoms with van der Waals surface area (Å²) >= 11 is 5.81. The molecule has 0 radical (unpaired) electrons. The molecule has 30 heavy (non-hydrogen) atoms. The Balaban J connectivity index is 2.17. The van der Waals surface area contributed by atoms with Gasteiger partial charge in [-0.1, -0.05) is 84.3 Å². The third-order valence-electron chi connectivity index (χ3n) is 4.63. The molecule has 0 saturated carbocycles. The van der Waals surface area contributed by atoms with Crippen LogP contribution in [0.25, 0.3) is 0 Å². The van der Waals surface area contributed by atoms with Crippen LogP contribution in [0, 0.1) is 11.8 Å². The number of hydrogen-bond donors (Lipinski definition) is 0. The normalized spacial score (nSPS) is 16.2. The average molecular weight is 428 g/mol. The zero-order chi connectivity index (χ0) is 21.7. The van der Waals surface area contributed by atoms with Gasteiger partial charge in [-0.05, 0) is 18.1 Å². The SMILES string of the molecule is COC(=O)C(C)C1C(c2ccccc2)=NN(C(=O)OC(C)Cl)N=C1c1ccccc1. The first-order valence-electron chi connectivity index (χ1n) is 9.42. The van der Waals surface area contributed by atoms with Crippen LogP contribution in [0.2, 0.25) is 0 Å². The third-order valence-corrected chi connectivity index (χ3v) is 4.72. The minimum absolute atomic E-state index is 0.405. The Morgan fingerprint density at radius 1 is 0.933 bits per heavy atom. The smallest absolute Gasteiger partial charge is 0.453 e. The quantitative estimate of drug-likeness (QED) is 0.527. The van der Waals surface area contributed by atoms with Crippen LogP contribution in [0.15, 0.2) is 70.9 Å². The number of hydrogen-bond acceptors (Lipinski definition) is 6. The first-order valence-corrected chi connectivity index (χ1v) is 9.86. The number of hydrazone groups is 2. The molecule has 2 unspecified atom stereocenters. The summed E-state index contributed by atoms with van der Waals surface area (Å²) < 4.78 is 10.1. The third kappa shape index (κ3) is 4.68. The number of carbonyl (C=O) groups excluding carboxylic acids is 2. The number of rotatable bonds is 5. The summed E-state index contributed by atoms with van der Waals surface area (Å²) in [4.78, 5) is 25.0. The molecule has 156 valence electrons. The van der Waals surface area contributed by atoms with Gasteiger partial charge >= 0.3 is 12.1 Å². The number of benzene rings is 2. The molecule has 1 heterocycles. The Bertz CT molecular complexity index is 903. The molecule has 3 rings (SSSR count). The largest absolute Gasteiger partial charge is 0.469 e. The number of carbonyl (C=O) groups is 2. The highest BCUT2D eigenvalue weighted by Crippen LogP contribution is 2.29. The fourth-order valence-corrected chi connectivity index (χ4v) is 3.31. The zero-order valence-electron chi connectivity index (χ0n) is 16.9. The van der Waals surface area contributed by atoms with Crippen LogP contribution in [0.1, 0.15) is 25.0 Å². The molecule has 2 aromatic carbocycles. The Labute approximate surface area is 179 Å². The van der Waals surface area contributed by atoms with Gasteiger partial charge in [0.25, 0.3) is 0 Å². The maximum Gasteiger partial charge on any atom is 0.453 e. The van der Waals surface area contributed by atoms with Gasteiger partial charge in [-0.2, -0.15) is 0 Å². The number of amides is 1. The maximum atomic E-state index is 12.5. The lowest BCUT2D eigenvalue weighted by molar-refractivity contribution is -0.145. The fourth-order valence-electron chi connectivity index (χ4n) is 3.24. The zero-order valence-corrected chi connectivity index (χ0v) is 17.6. The van der Waals surface area contributed by atoms with Gasteiger partial charge in [0.15, 0.2) is 5.56 Å². The fraction of sp³-hybridized carbons (Fsp3) is 0.273. The van der Waals surface area contributed by atoms with E-state index in [2.05, 4.69) is 10.2 Å². The topological polar surface area (TPSA) is 80.6 Å². The number of ether oxygens (including phenoxy) is 2. The van der Waals surface area contributed by atoms with E-state index in [0.717, 1.165) is 16.2 Å². The monoisotopic (exact) mass is 427 g/mol. The van der Waals surface area contributed by atoms with E-state index >= 15 is 0 Å². The van der Waals surface area contributed by atoms with E-state index in [-0.39, 0.29) is 0 Å². The number of halogens is 1. The lowest BCUT2D eigenvalue weighted by Crippen LogP contribution is -2.42. The van der Waals surface area contributed by atoms with E-state index in [1.165, 1.54) is 14.0 Å². The second-order valence-corrected chi connectivity index (χ2v) is 7.32. The van der Waals surface area contributed by atoms with Crippen molar-refractivity contribution < 1.29 is 19.1 Å². The Morgan fingerprint density at radius 3 is 1.80 bits per heavy atom. The molecule has 1 aliphatic heterocycles. The Morgan fingerprint density at radius 2 is 1.40 bits per heavy atom. The first kappa shape index (κ1) is 21.5. The van der Waals surface area contributed by atoms with Gasteiger partial charge in [-0.3, -0.25) is 4.79 Å².